The Bertz CT molecular complexity index is 306. The number of nitrogens with zero attached hydrogens (tertiary/aromatic N) is 6. The van der Waals surface area contributed by atoms with Crippen LogP contribution in [0.4, 0.5) is 0 Å². The minimum atomic E-state index is -2.23. The number of hydrogen-bond donors (Lipinski definition) is 2. The zero-order chi connectivity index (χ0) is 11.1. The highest BCUT2D eigenvalue weighted by Gasteiger charge is 2.28. The fourth-order valence-corrected chi connectivity index (χ4v) is 0.477. The number of amides is 2. The summed E-state index contributed by atoms with van der Waals surface area (Å²) < 4.78 is 0. The molecule has 0 fully saturated rings. The summed E-state index contributed by atoms with van der Waals surface area (Å²) in [6, 6.07) is 0. The van der Waals surface area contributed by atoms with Crippen molar-refractivity contribution in [1.82, 2.24) is 0 Å². The number of aliphatic hydroxyl groups is 2. The summed E-state index contributed by atoms with van der Waals surface area (Å²) >= 11 is 0. The molecule has 0 radical (unpaired) electrons. The van der Waals surface area contributed by atoms with E-state index in [1.807, 2.05) is 9.82 Å². The number of hydrogen-bond acceptors (Lipinski definition) is 4. The Morgan fingerprint density at radius 2 is 1.29 bits per heavy atom. The first-order valence-electron chi connectivity index (χ1n) is 3.08. The molecule has 0 rings (SSSR count). The van der Waals surface area contributed by atoms with Gasteiger partial charge in [-0.25, -0.2) is 0 Å². The van der Waals surface area contributed by atoms with Crippen molar-refractivity contribution in [1.29, 1.82) is 0 Å². The van der Waals surface area contributed by atoms with Crippen LogP contribution in [0.1, 0.15) is 0 Å². The highest BCUT2D eigenvalue weighted by molar-refractivity contribution is 5.91. The largest absolute Gasteiger partial charge is 0.382 e. The van der Waals surface area contributed by atoms with Gasteiger partial charge in [0.15, 0.2) is 12.2 Å². The van der Waals surface area contributed by atoms with E-state index in [4.69, 9.17) is 21.3 Å². The van der Waals surface area contributed by atoms with E-state index in [1.165, 1.54) is 0 Å². The average molecular weight is 200 g/mol. The lowest BCUT2D eigenvalue weighted by atomic mass is 10.2. The van der Waals surface area contributed by atoms with E-state index in [2.05, 4.69) is 10.2 Å². The van der Waals surface area contributed by atoms with Gasteiger partial charge in [-0.3, -0.25) is 9.59 Å². The van der Waals surface area contributed by atoms with E-state index in [1.54, 1.807) is 0 Å². The van der Waals surface area contributed by atoms with Gasteiger partial charge in [-0.15, -0.1) is 0 Å². The molecule has 14 heavy (non-hydrogen) atoms. The molecular formula is C4H4N6O4. The zero-order valence-corrected chi connectivity index (χ0v) is 6.55. The number of carbonyl (C=O) groups excluding carboxylic acids is 2. The summed E-state index contributed by atoms with van der Waals surface area (Å²) in [6.45, 7) is 0. The van der Waals surface area contributed by atoms with Gasteiger partial charge in [-0.2, -0.15) is 0 Å². The predicted molar refractivity (Wildman–Crippen MR) is 40.3 cm³/mol. The quantitative estimate of drug-likeness (QED) is 0.351. The third-order valence-electron chi connectivity index (χ3n) is 1.09. The third-order valence-corrected chi connectivity index (χ3v) is 1.09. The molecule has 0 aliphatic heterocycles. The second-order valence-electron chi connectivity index (χ2n) is 1.95. The molecule has 10 nitrogen and oxygen atoms in total. The SMILES string of the molecule is [N-]=[N+]=NC(=O)[C@H](O)[C@@H](O)C(=O)N=[N+]=[N-]. The second-order valence-corrected chi connectivity index (χ2v) is 1.95. The van der Waals surface area contributed by atoms with Crippen LogP contribution in [0.25, 0.3) is 20.9 Å². The Labute approximate surface area is 76.0 Å². The van der Waals surface area contributed by atoms with Gasteiger partial charge in [0.2, 0.25) is 11.8 Å². The number of azide groups is 2. The lowest BCUT2D eigenvalue weighted by Gasteiger charge is -2.09. The molecular weight excluding hydrogens is 196 g/mol. The molecule has 0 saturated heterocycles. The van der Waals surface area contributed by atoms with Crippen molar-refractivity contribution >= 4 is 11.8 Å². The van der Waals surface area contributed by atoms with Crippen molar-refractivity contribution in [2.45, 2.75) is 12.2 Å². The summed E-state index contributed by atoms with van der Waals surface area (Å²) in [7, 11) is 0. The molecule has 0 bridgehead atoms. The van der Waals surface area contributed by atoms with E-state index in [0.29, 0.717) is 0 Å². The number of aliphatic hydroxyl groups excluding tert-OH is 2. The summed E-state index contributed by atoms with van der Waals surface area (Å²) in [4.78, 5) is 25.2. The van der Waals surface area contributed by atoms with Crippen molar-refractivity contribution < 1.29 is 19.8 Å². The molecule has 0 aromatic heterocycles. The first kappa shape index (κ1) is 11.9. The third kappa shape index (κ3) is 3.09. The predicted octanol–water partition coefficient (Wildman–Crippen LogP) is -0.618. The van der Waals surface area contributed by atoms with E-state index in [-0.39, 0.29) is 0 Å². The maximum absolute atomic E-state index is 10.6. The molecule has 0 saturated carbocycles. The van der Waals surface area contributed by atoms with Gasteiger partial charge in [-0.05, 0) is 21.3 Å². The minimum absolute atomic E-state index is 1.44. The Kier molecular flexibility index (Phi) is 4.68. The lowest BCUT2D eigenvalue weighted by molar-refractivity contribution is -0.142. The van der Waals surface area contributed by atoms with Gasteiger partial charge >= 0.3 is 0 Å². The molecule has 74 valence electrons. The summed E-state index contributed by atoms with van der Waals surface area (Å²) in [5, 5.41) is 22.6. The fraction of sp³-hybridized carbons (Fsp3) is 0.500. The van der Waals surface area contributed by atoms with Crippen LogP contribution in [-0.2, 0) is 9.59 Å². The van der Waals surface area contributed by atoms with Crippen LogP contribution in [0.5, 0.6) is 0 Å². The molecule has 2 amide bonds. The van der Waals surface area contributed by atoms with Crippen molar-refractivity contribution in [2.24, 2.45) is 10.2 Å². The molecule has 0 unspecified atom stereocenters. The second kappa shape index (κ2) is 5.51. The Morgan fingerprint density at radius 1 is 1.00 bits per heavy atom. The number of carbonyl (C=O) groups is 2. The highest BCUT2D eigenvalue weighted by Crippen LogP contribution is 1.99. The molecule has 0 spiro atoms. The van der Waals surface area contributed by atoms with Crippen LogP contribution in [-0.4, -0.2) is 34.2 Å². The van der Waals surface area contributed by atoms with Crippen LogP contribution in [0.2, 0.25) is 0 Å². The van der Waals surface area contributed by atoms with Crippen molar-refractivity contribution in [3.05, 3.63) is 20.9 Å². The molecule has 2 N–H and O–H groups in total. The highest BCUT2D eigenvalue weighted by atomic mass is 16.3. The van der Waals surface area contributed by atoms with E-state index < -0.39 is 24.0 Å². The topological polar surface area (TPSA) is 172 Å². The van der Waals surface area contributed by atoms with Gasteiger partial charge in [0, 0.05) is 9.82 Å². The van der Waals surface area contributed by atoms with Crippen LogP contribution >= 0.6 is 0 Å². The normalized spacial score (nSPS) is 13.0. The van der Waals surface area contributed by atoms with Crippen LogP contribution in [0.15, 0.2) is 10.2 Å². The smallest absolute Gasteiger partial charge is 0.250 e. The first-order chi connectivity index (χ1) is 6.54. The molecule has 0 aliphatic carbocycles. The Hall–Kier alpha value is -2.12. The number of rotatable bonds is 3. The molecule has 0 aromatic rings. The molecule has 10 heteroatoms. The Balaban J connectivity index is 4.60. The first-order valence-corrected chi connectivity index (χ1v) is 3.08. The van der Waals surface area contributed by atoms with Crippen molar-refractivity contribution in [3.8, 4) is 0 Å². The van der Waals surface area contributed by atoms with Gasteiger partial charge in [-0.1, -0.05) is 0 Å². The maximum atomic E-state index is 10.6. The van der Waals surface area contributed by atoms with Crippen molar-refractivity contribution in [2.75, 3.05) is 0 Å². The summed E-state index contributed by atoms with van der Waals surface area (Å²) in [5.41, 5.74) is 15.6. The fourth-order valence-electron chi connectivity index (χ4n) is 0.477. The molecule has 0 heterocycles. The maximum Gasteiger partial charge on any atom is 0.250 e. The minimum Gasteiger partial charge on any atom is -0.382 e. The van der Waals surface area contributed by atoms with Crippen LogP contribution in [0.3, 0.4) is 0 Å². The van der Waals surface area contributed by atoms with Gasteiger partial charge in [0.1, 0.15) is 0 Å². The van der Waals surface area contributed by atoms with E-state index >= 15 is 0 Å². The van der Waals surface area contributed by atoms with Gasteiger partial charge in [0.05, 0.1) is 0 Å². The summed E-state index contributed by atoms with van der Waals surface area (Å²) in [5.74, 6) is -2.89. The lowest BCUT2D eigenvalue weighted by Crippen LogP contribution is -2.37. The monoisotopic (exact) mass is 200 g/mol. The molecule has 0 aliphatic rings. The van der Waals surface area contributed by atoms with Crippen LogP contribution < -0.4 is 0 Å². The Morgan fingerprint density at radius 3 is 1.50 bits per heavy atom. The summed E-state index contributed by atoms with van der Waals surface area (Å²) in [6.07, 6.45) is -4.47. The van der Waals surface area contributed by atoms with Crippen LogP contribution in [0, 0.1) is 0 Å². The zero-order valence-electron chi connectivity index (χ0n) is 6.55. The van der Waals surface area contributed by atoms with Crippen molar-refractivity contribution in [3.63, 3.8) is 0 Å². The van der Waals surface area contributed by atoms with E-state index in [0.717, 1.165) is 0 Å². The standard InChI is InChI=1S/C4H4N6O4/c5-9-7-3(13)1(11)2(12)4(14)8-10-6/h1-2,11-12H/t1-,2-/m1/s1. The van der Waals surface area contributed by atoms with Gasteiger partial charge < -0.3 is 10.2 Å². The average Bonchev–Trinajstić information content (AvgIpc) is 2.16. The van der Waals surface area contributed by atoms with Gasteiger partial charge in [0.25, 0.3) is 0 Å². The molecule has 2 atom stereocenters. The molecule has 0 aromatic carbocycles. The van der Waals surface area contributed by atoms with E-state index in [9.17, 15) is 9.59 Å².